The molecule has 1 aliphatic rings. The molecule has 0 atom stereocenters. The summed E-state index contributed by atoms with van der Waals surface area (Å²) in [6.07, 6.45) is 1.71. The molecule has 1 fully saturated rings. The first kappa shape index (κ1) is 10.6. The van der Waals surface area contributed by atoms with E-state index in [4.69, 9.17) is 0 Å². The van der Waals surface area contributed by atoms with Crippen molar-refractivity contribution in [2.24, 2.45) is 0 Å². The average molecular weight is 297 g/mol. The van der Waals surface area contributed by atoms with Crippen LogP contribution in [0.2, 0.25) is 0 Å². The minimum atomic E-state index is -1.03. The molecule has 1 saturated heterocycles. The number of aromatic amines is 1. The molecule has 0 bridgehead atoms. The van der Waals surface area contributed by atoms with Crippen molar-refractivity contribution in [2.75, 3.05) is 18.0 Å². The maximum Gasteiger partial charge on any atom is 0.209 e. The van der Waals surface area contributed by atoms with Gasteiger partial charge in [-0.1, -0.05) is 21.1 Å². The molecule has 0 aromatic carbocycles. The number of nitrogens with zero attached hydrogens (tertiary/aromatic N) is 5. The molecule has 17 heavy (non-hydrogen) atoms. The average Bonchev–Trinajstić information content (AvgIpc) is 2.78. The number of rotatable bonds is 2. The Balaban J connectivity index is 1.76. The second-order valence-electron chi connectivity index (χ2n) is 3.96. The van der Waals surface area contributed by atoms with Gasteiger partial charge in [0.05, 0.1) is 13.1 Å². The first-order valence-corrected chi connectivity index (χ1v) is 5.79. The summed E-state index contributed by atoms with van der Waals surface area (Å²) in [5.74, 6) is 1.14. The first-order chi connectivity index (χ1) is 8.17. The number of aromatic nitrogens is 5. The minimum Gasteiger partial charge on any atom is -0.378 e. The number of halogens is 1. The van der Waals surface area contributed by atoms with Crippen LogP contribution >= 0.6 is 15.9 Å². The van der Waals surface area contributed by atoms with Gasteiger partial charge in [0.15, 0.2) is 5.60 Å². The lowest BCUT2D eigenvalue weighted by atomic mass is 9.93. The zero-order valence-corrected chi connectivity index (χ0v) is 10.3. The quantitative estimate of drug-likeness (QED) is 0.815. The fourth-order valence-corrected chi connectivity index (χ4v) is 2.14. The van der Waals surface area contributed by atoms with Crippen LogP contribution in [-0.2, 0) is 5.60 Å². The van der Waals surface area contributed by atoms with Gasteiger partial charge >= 0.3 is 0 Å². The van der Waals surface area contributed by atoms with Gasteiger partial charge in [0, 0.05) is 10.7 Å². The standard InChI is InChI=1S/C9H9BrN6O/c10-6-1-2-11-7(3-6)16-4-9(17,5-16)8-12-14-15-13-8/h1-3,17H,4-5H2,(H,12,13,14,15). The molecule has 3 rings (SSSR count). The van der Waals surface area contributed by atoms with E-state index in [9.17, 15) is 5.11 Å². The summed E-state index contributed by atoms with van der Waals surface area (Å²) in [7, 11) is 0. The summed E-state index contributed by atoms with van der Waals surface area (Å²) in [6.45, 7) is 0.825. The zero-order valence-electron chi connectivity index (χ0n) is 8.71. The van der Waals surface area contributed by atoms with E-state index < -0.39 is 5.60 Å². The predicted molar refractivity (Wildman–Crippen MR) is 62.2 cm³/mol. The number of tetrazole rings is 1. The summed E-state index contributed by atoms with van der Waals surface area (Å²) in [5, 5.41) is 23.6. The maximum absolute atomic E-state index is 10.2. The van der Waals surface area contributed by atoms with Crippen molar-refractivity contribution in [3.8, 4) is 0 Å². The molecular weight excluding hydrogens is 288 g/mol. The van der Waals surface area contributed by atoms with Gasteiger partial charge in [-0.2, -0.15) is 5.21 Å². The molecule has 0 aliphatic carbocycles. The summed E-state index contributed by atoms with van der Waals surface area (Å²) >= 11 is 3.38. The fourth-order valence-electron chi connectivity index (χ4n) is 1.81. The number of β-amino-alcohol motifs (C(OH)–C–C–N with tert-alkyl or cyclic N) is 1. The smallest absolute Gasteiger partial charge is 0.209 e. The molecule has 3 heterocycles. The monoisotopic (exact) mass is 296 g/mol. The van der Waals surface area contributed by atoms with Gasteiger partial charge in [0.2, 0.25) is 5.82 Å². The Bertz CT molecular complexity index is 524. The van der Waals surface area contributed by atoms with Crippen molar-refractivity contribution < 1.29 is 5.11 Å². The number of hydrogen-bond acceptors (Lipinski definition) is 6. The summed E-state index contributed by atoms with van der Waals surface area (Å²) < 4.78 is 0.956. The molecule has 2 N–H and O–H groups in total. The van der Waals surface area contributed by atoms with Crippen LogP contribution in [0, 0.1) is 0 Å². The number of hydrogen-bond donors (Lipinski definition) is 2. The van der Waals surface area contributed by atoms with Gasteiger partial charge in [0.25, 0.3) is 0 Å². The Morgan fingerprint density at radius 1 is 1.47 bits per heavy atom. The lowest BCUT2D eigenvalue weighted by Crippen LogP contribution is -2.60. The SMILES string of the molecule is OC1(c2nn[nH]n2)CN(c2cc(Br)ccn2)C1. The van der Waals surface area contributed by atoms with Crippen LogP contribution in [-0.4, -0.2) is 43.8 Å². The molecule has 88 valence electrons. The van der Waals surface area contributed by atoms with Crippen molar-refractivity contribution in [1.29, 1.82) is 0 Å². The van der Waals surface area contributed by atoms with Gasteiger partial charge in [0.1, 0.15) is 5.82 Å². The van der Waals surface area contributed by atoms with E-state index >= 15 is 0 Å². The summed E-state index contributed by atoms with van der Waals surface area (Å²) in [4.78, 5) is 6.17. The molecule has 0 saturated carbocycles. The van der Waals surface area contributed by atoms with E-state index in [2.05, 4.69) is 41.5 Å². The fraction of sp³-hybridized carbons (Fsp3) is 0.333. The highest BCUT2D eigenvalue weighted by Crippen LogP contribution is 2.32. The van der Waals surface area contributed by atoms with Crippen LogP contribution in [0.15, 0.2) is 22.8 Å². The number of nitrogens with one attached hydrogen (secondary N) is 1. The molecule has 0 unspecified atom stereocenters. The molecule has 0 radical (unpaired) electrons. The normalized spacial score (nSPS) is 17.9. The lowest BCUT2D eigenvalue weighted by molar-refractivity contribution is -0.00146. The summed E-state index contributed by atoms with van der Waals surface area (Å²) in [6, 6.07) is 3.75. The molecule has 1 aliphatic heterocycles. The van der Waals surface area contributed by atoms with Crippen LogP contribution in [0.3, 0.4) is 0 Å². The summed E-state index contributed by atoms with van der Waals surface area (Å²) in [5.41, 5.74) is -1.03. The van der Waals surface area contributed by atoms with Crippen molar-refractivity contribution in [1.82, 2.24) is 25.6 Å². The van der Waals surface area contributed by atoms with Crippen LogP contribution in [0.4, 0.5) is 5.82 Å². The van der Waals surface area contributed by atoms with E-state index in [-0.39, 0.29) is 0 Å². The Labute approximate surface area is 105 Å². The Kier molecular flexibility index (Phi) is 2.33. The zero-order chi connectivity index (χ0) is 11.9. The van der Waals surface area contributed by atoms with Gasteiger partial charge in [-0.05, 0) is 12.1 Å². The Morgan fingerprint density at radius 3 is 2.94 bits per heavy atom. The Morgan fingerprint density at radius 2 is 2.29 bits per heavy atom. The van der Waals surface area contributed by atoms with Crippen molar-refractivity contribution in [3.05, 3.63) is 28.6 Å². The molecule has 0 spiro atoms. The molecule has 2 aromatic heterocycles. The first-order valence-electron chi connectivity index (χ1n) is 5.00. The van der Waals surface area contributed by atoms with E-state index in [1.807, 2.05) is 17.0 Å². The molecule has 2 aromatic rings. The highest BCUT2D eigenvalue weighted by molar-refractivity contribution is 9.10. The third-order valence-electron chi connectivity index (χ3n) is 2.70. The number of pyridine rings is 1. The number of H-pyrrole nitrogens is 1. The highest BCUT2D eigenvalue weighted by Gasteiger charge is 2.46. The van der Waals surface area contributed by atoms with Gasteiger partial charge in [-0.15, -0.1) is 10.2 Å². The van der Waals surface area contributed by atoms with Gasteiger partial charge in [-0.25, -0.2) is 4.98 Å². The van der Waals surface area contributed by atoms with Crippen LogP contribution < -0.4 is 4.90 Å². The molecule has 8 heteroatoms. The van der Waals surface area contributed by atoms with E-state index in [0.29, 0.717) is 18.9 Å². The molecule has 7 nitrogen and oxygen atoms in total. The second-order valence-corrected chi connectivity index (χ2v) is 4.87. The van der Waals surface area contributed by atoms with Crippen LogP contribution in [0.1, 0.15) is 5.82 Å². The van der Waals surface area contributed by atoms with E-state index in [1.165, 1.54) is 0 Å². The topological polar surface area (TPSA) is 90.8 Å². The molecular formula is C9H9BrN6O. The van der Waals surface area contributed by atoms with Crippen molar-refractivity contribution in [3.63, 3.8) is 0 Å². The van der Waals surface area contributed by atoms with E-state index in [1.54, 1.807) is 6.20 Å². The Hall–Kier alpha value is -1.54. The molecule has 0 amide bonds. The van der Waals surface area contributed by atoms with Gasteiger partial charge < -0.3 is 10.0 Å². The third kappa shape index (κ3) is 1.79. The lowest BCUT2D eigenvalue weighted by Gasteiger charge is -2.44. The number of anilines is 1. The minimum absolute atomic E-state index is 0.323. The second kappa shape index (κ2) is 3.74. The van der Waals surface area contributed by atoms with Crippen molar-refractivity contribution >= 4 is 21.7 Å². The van der Waals surface area contributed by atoms with Crippen LogP contribution in [0.25, 0.3) is 0 Å². The maximum atomic E-state index is 10.2. The van der Waals surface area contributed by atoms with Gasteiger partial charge in [-0.3, -0.25) is 0 Å². The van der Waals surface area contributed by atoms with E-state index in [0.717, 1.165) is 10.3 Å². The highest BCUT2D eigenvalue weighted by atomic mass is 79.9. The van der Waals surface area contributed by atoms with Crippen molar-refractivity contribution in [2.45, 2.75) is 5.60 Å². The third-order valence-corrected chi connectivity index (χ3v) is 3.19. The number of aliphatic hydroxyl groups is 1. The van der Waals surface area contributed by atoms with Crippen LogP contribution in [0.5, 0.6) is 0 Å². The largest absolute Gasteiger partial charge is 0.378 e. The predicted octanol–water partition coefficient (Wildman–Crippen LogP) is 0.0650.